The number of hydrogen-bond acceptors (Lipinski definition) is 5. The first-order valence-electron chi connectivity index (χ1n) is 11.1. The SMILES string of the molecule is O=C([O-])CCSC1c2cc(C=Cc3ccc4cc(F)c(F)cc4n3)ccc2COc2ccccc21.[Na+]. The van der Waals surface area contributed by atoms with Gasteiger partial charge >= 0.3 is 29.6 Å². The van der Waals surface area contributed by atoms with E-state index in [0.717, 1.165) is 40.1 Å². The second-order valence-corrected chi connectivity index (χ2v) is 9.40. The minimum absolute atomic E-state index is 0. The van der Waals surface area contributed by atoms with Gasteiger partial charge in [-0.2, -0.15) is 0 Å². The number of thioether (sulfide) groups is 1. The van der Waals surface area contributed by atoms with E-state index in [2.05, 4.69) is 11.1 Å². The predicted molar refractivity (Wildman–Crippen MR) is 132 cm³/mol. The molecule has 0 bridgehead atoms. The largest absolute Gasteiger partial charge is 1.00 e. The van der Waals surface area contributed by atoms with Gasteiger partial charge in [-0.3, -0.25) is 0 Å². The summed E-state index contributed by atoms with van der Waals surface area (Å²) in [5.74, 6) is -1.69. The van der Waals surface area contributed by atoms with Crippen LogP contribution in [0.15, 0.2) is 66.7 Å². The molecule has 5 rings (SSSR count). The first-order chi connectivity index (χ1) is 17.0. The topological polar surface area (TPSA) is 62.2 Å². The number of hydrogen-bond donors (Lipinski definition) is 0. The van der Waals surface area contributed by atoms with Gasteiger partial charge in [0.1, 0.15) is 12.4 Å². The van der Waals surface area contributed by atoms with Gasteiger partial charge in [-0.1, -0.05) is 42.5 Å². The Morgan fingerprint density at radius 2 is 1.83 bits per heavy atom. The van der Waals surface area contributed by atoms with Crippen LogP contribution in [-0.4, -0.2) is 16.7 Å². The molecule has 0 fully saturated rings. The molecular formula is C28H20F2NNaO3S. The average molecular weight is 512 g/mol. The molecule has 4 aromatic rings. The molecule has 0 amide bonds. The van der Waals surface area contributed by atoms with Gasteiger partial charge in [0.05, 0.1) is 16.5 Å². The zero-order valence-electron chi connectivity index (χ0n) is 19.5. The van der Waals surface area contributed by atoms with E-state index in [1.807, 2.05) is 48.6 Å². The van der Waals surface area contributed by atoms with E-state index in [1.54, 1.807) is 23.9 Å². The Kier molecular flexibility index (Phi) is 8.46. The molecule has 0 saturated heterocycles. The summed E-state index contributed by atoms with van der Waals surface area (Å²) in [5, 5.41) is 11.4. The fourth-order valence-electron chi connectivity index (χ4n) is 4.09. The third-order valence-electron chi connectivity index (χ3n) is 5.83. The van der Waals surface area contributed by atoms with Gasteiger partial charge in [0, 0.05) is 23.0 Å². The molecule has 0 radical (unpaired) electrons. The van der Waals surface area contributed by atoms with Crippen LogP contribution in [0.5, 0.6) is 5.75 Å². The Balaban J connectivity index is 0.00000304. The van der Waals surface area contributed by atoms with Crippen LogP contribution < -0.4 is 39.4 Å². The van der Waals surface area contributed by atoms with E-state index in [1.165, 1.54) is 0 Å². The van der Waals surface area contributed by atoms with Gasteiger partial charge in [0.2, 0.25) is 0 Å². The molecule has 0 spiro atoms. The van der Waals surface area contributed by atoms with E-state index in [4.69, 9.17) is 4.74 Å². The van der Waals surface area contributed by atoms with Crippen molar-refractivity contribution in [1.82, 2.24) is 4.98 Å². The number of carboxylic acids is 1. The number of aliphatic carboxylic acids is 1. The van der Waals surface area contributed by atoms with Crippen LogP contribution in [0.2, 0.25) is 0 Å². The summed E-state index contributed by atoms with van der Waals surface area (Å²) in [5.41, 5.74) is 5.02. The molecule has 2 heterocycles. The maximum atomic E-state index is 13.6. The minimum atomic E-state index is -1.07. The maximum Gasteiger partial charge on any atom is 1.00 e. The maximum absolute atomic E-state index is 13.6. The number of carboxylic acid groups (broad SMARTS) is 1. The van der Waals surface area contributed by atoms with Crippen LogP contribution >= 0.6 is 11.8 Å². The van der Waals surface area contributed by atoms with Gasteiger partial charge in [-0.05, 0) is 59.2 Å². The Hall–Kier alpha value is -2.71. The molecule has 1 aliphatic heterocycles. The number of halogens is 2. The summed E-state index contributed by atoms with van der Waals surface area (Å²) in [6, 6.07) is 19.6. The van der Waals surface area contributed by atoms with Crippen molar-refractivity contribution < 1.29 is 53.0 Å². The quantitative estimate of drug-likeness (QED) is 0.373. The standard InChI is InChI=1S/C28H21F2NO3S.Na/c29-23-14-18-8-10-20(31-25(18)15-24(23)30)9-6-17-5-7-19-16-34-26-4-2-1-3-21(26)28(22(19)13-17)35-12-11-27(32)33;/h1-10,13-15,28H,11-12,16H2,(H,32,33);/q;+1/p-1. The summed E-state index contributed by atoms with van der Waals surface area (Å²) < 4.78 is 33.1. The number of fused-ring (bicyclic) bond motifs is 3. The third kappa shape index (κ3) is 5.81. The van der Waals surface area contributed by atoms with Crippen molar-refractivity contribution in [1.29, 1.82) is 0 Å². The smallest absolute Gasteiger partial charge is 0.550 e. The molecule has 1 unspecified atom stereocenters. The van der Waals surface area contributed by atoms with Crippen molar-refractivity contribution in [3.63, 3.8) is 0 Å². The average Bonchev–Trinajstić information content (AvgIpc) is 3.00. The van der Waals surface area contributed by atoms with Gasteiger partial charge in [0.25, 0.3) is 0 Å². The fourth-order valence-corrected chi connectivity index (χ4v) is 5.39. The van der Waals surface area contributed by atoms with Crippen molar-refractivity contribution in [3.05, 3.63) is 106 Å². The number of ether oxygens (including phenoxy) is 1. The fraction of sp³-hybridized carbons (Fsp3) is 0.143. The molecule has 0 saturated carbocycles. The first-order valence-corrected chi connectivity index (χ1v) is 12.1. The van der Waals surface area contributed by atoms with Crippen molar-refractivity contribution in [3.8, 4) is 5.75 Å². The summed E-state index contributed by atoms with van der Waals surface area (Å²) in [6.07, 6.45) is 3.70. The summed E-state index contributed by atoms with van der Waals surface area (Å²) in [7, 11) is 0. The summed E-state index contributed by atoms with van der Waals surface area (Å²) in [6.45, 7) is 0.419. The van der Waals surface area contributed by atoms with Crippen molar-refractivity contribution >= 4 is 40.8 Å². The molecule has 1 atom stereocenters. The Morgan fingerprint density at radius 1 is 1.03 bits per heavy atom. The number of para-hydroxylation sites is 1. The van der Waals surface area contributed by atoms with Gasteiger partial charge in [-0.15, -0.1) is 11.8 Å². The first kappa shape index (κ1) is 26.4. The number of nitrogens with zero attached hydrogens (tertiary/aromatic N) is 1. The minimum Gasteiger partial charge on any atom is -0.550 e. The van der Waals surface area contributed by atoms with E-state index >= 15 is 0 Å². The van der Waals surface area contributed by atoms with Gasteiger partial charge in [-0.25, -0.2) is 13.8 Å². The van der Waals surface area contributed by atoms with Crippen molar-refractivity contribution in [2.45, 2.75) is 18.3 Å². The predicted octanol–water partition coefficient (Wildman–Crippen LogP) is 2.54. The van der Waals surface area contributed by atoms with Crippen molar-refractivity contribution in [2.75, 3.05) is 5.75 Å². The van der Waals surface area contributed by atoms with Crippen LogP contribution in [-0.2, 0) is 11.4 Å². The van der Waals surface area contributed by atoms with Crippen LogP contribution in [0.4, 0.5) is 8.78 Å². The normalized spacial score (nSPS) is 14.4. The third-order valence-corrected chi connectivity index (χ3v) is 7.11. The van der Waals surface area contributed by atoms with E-state index < -0.39 is 17.6 Å². The number of benzene rings is 3. The molecule has 1 aromatic heterocycles. The molecule has 4 nitrogen and oxygen atoms in total. The number of pyridine rings is 1. The second-order valence-electron chi connectivity index (χ2n) is 8.19. The van der Waals surface area contributed by atoms with Crippen LogP contribution in [0, 0.1) is 11.6 Å². The van der Waals surface area contributed by atoms with E-state index in [9.17, 15) is 18.7 Å². The number of aromatic nitrogens is 1. The summed E-state index contributed by atoms with van der Waals surface area (Å²) >= 11 is 1.55. The van der Waals surface area contributed by atoms with Gasteiger partial charge < -0.3 is 14.6 Å². The van der Waals surface area contributed by atoms with E-state index in [0.29, 0.717) is 29.0 Å². The zero-order valence-corrected chi connectivity index (χ0v) is 22.4. The summed E-state index contributed by atoms with van der Waals surface area (Å²) in [4.78, 5) is 15.4. The molecule has 176 valence electrons. The molecular weight excluding hydrogens is 491 g/mol. The van der Waals surface area contributed by atoms with Gasteiger partial charge in [0.15, 0.2) is 11.6 Å². The number of carbonyl (C=O) groups excluding carboxylic acids is 1. The number of carbonyl (C=O) groups is 1. The molecule has 8 heteroatoms. The monoisotopic (exact) mass is 511 g/mol. The Morgan fingerprint density at radius 3 is 2.67 bits per heavy atom. The van der Waals surface area contributed by atoms with Crippen molar-refractivity contribution in [2.24, 2.45) is 0 Å². The Labute approximate surface area is 233 Å². The number of rotatable bonds is 6. The molecule has 3 aromatic carbocycles. The van der Waals surface area contributed by atoms with Crippen LogP contribution in [0.3, 0.4) is 0 Å². The van der Waals surface area contributed by atoms with Crippen LogP contribution in [0.25, 0.3) is 23.1 Å². The second kappa shape index (κ2) is 11.6. The molecule has 36 heavy (non-hydrogen) atoms. The van der Waals surface area contributed by atoms with Crippen LogP contribution in [0.1, 0.15) is 39.6 Å². The Bertz CT molecular complexity index is 1460. The molecule has 0 aliphatic carbocycles. The van der Waals surface area contributed by atoms with E-state index in [-0.39, 0.29) is 41.2 Å². The molecule has 0 N–H and O–H groups in total. The zero-order chi connectivity index (χ0) is 24.4. The molecule has 1 aliphatic rings.